The number of carbonyl (C=O) groups is 1. The minimum atomic E-state index is -3.55. The molecule has 2 aromatic carbocycles. The van der Waals surface area contributed by atoms with Gasteiger partial charge in [0.1, 0.15) is 6.04 Å². The van der Waals surface area contributed by atoms with Gasteiger partial charge in [-0.1, -0.05) is 29.8 Å². The molecule has 0 spiro atoms. The molecule has 0 radical (unpaired) electrons. The summed E-state index contributed by atoms with van der Waals surface area (Å²) in [5, 5.41) is 5.37. The summed E-state index contributed by atoms with van der Waals surface area (Å²) in [6.45, 7) is 3.80. The quantitative estimate of drug-likeness (QED) is 0.734. The van der Waals surface area contributed by atoms with Crippen molar-refractivity contribution in [1.82, 2.24) is 4.31 Å². The molecular weight excluding hydrogens is 386 g/mol. The zero-order valence-electron chi connectivity index (χ0n) is 15.8. The topological polar surface area (TPSA) is 83.1 Å². The second kappa shape index (κ2) is 8.84. The van der Waals surface area contributed by atoms with Gasteiger partial charge in [-0.15, -0.1) is 0 Å². The number of amides is 1. The van der Waals surface area contributed by atoms with E-state index in [0.29, 0.717) is 10.7 Å². The van der Waals surface area contributed by atoms with E-state index in [-0.39, 0.29) is 22.9 Å². The van der Waals surface area contributed by atoms with Gasteiger partial charge in [0.2, 0.25) is 10.0 Å². The Kier molecular flexibility index (Phi) is 7.00. The minimum Gasteiger partial charge on any atom is -0.330 e. The van der Waals surface area contributed by atoms with E-state index < -0.39 is 10.0 Å². The summed E-state index contributed by atoms with van der Waals surface area (Å²) in [6.07, 6.45) is 0. The van der Waals surface area contributed by atoms with Gasteiger partial charge in [0.15, 0.2) is 6.04 Å². The first-order chi connectivity index (χ1) is 12.6. The molecule has 0 aromatic heterocycles. The minimum absolute atomic E-state index is 0.0462. The van der Waals surface area contributed by atoms with Crippen molar-refractivity contribution in [2.24, 2.45) is 0 Å². The summed E-state index contributed by atoms with van der Waals surface area (Å²) in [5.41, 5.74) is 1.47. The second-order valence-electron chi connectivity index (χ2n) is 6.63. The third-order valence-electron chi connectivity index (χ3n) is 4.25. The lowest BCUT2D eigenvalue weighted by Gasteiger charge is -2.17. The molecule has 0 unspecified atom stereocenters. The molecule has 2 rings (SSSR count). The average molecular weight is 411 g/mol. The second-order valence-corrected chi connectivity index (χ2v) is 9.22. The number of rotatable bonds is 7. The van der Waals surface area contributed by atoms with Crippen molar-refractivity contribution in [2.45, 2.75) is 30.8 Å². The summed E-state index contributed by atoms with van der Waals surface area (Å²) < 4.78 is 25.6. The lowest BCUT2D eigenvalue weighted by molar-refractivity contribution is -0.709. The monoisotopic (exact) mass is 410 g/mol. The molecule has 0 aliphatic carbocycles. The van der Waals surface area contributed by atoms with Crippen LogP contribution in [0, 0.1) is 0 Å². The Morgan fingerprint density at radius 3 is 2.41 bits per heavy atom. The molecule has 0 aliphatic heterocycles. The number of hydrogen-bond donors (Lipinski definition) is 2. The van der Waals surface area contributed by atoms with Gasteiger partial charge >= 0.3 is 0 Å². The highest BCUT2D eigenvalue weighted by molar-refractivity contribution is 7.89. The lowest BCUT2D eigenvalue weighted by atomic mass is 10.1. The van der Waals surface area contributed by atoms with E-state index in [1.165, 1.54) is 26.2 Å². The molecule has 0 heterocycles. The van der Waals surface area contributed by atoms with Crippen molar-refractivity contribution >= 4 is 33.2 Å². The maximum atomic E-state index is 12.5. The number of carbonyl (C=O) groups excluding carboxylic acids is 1. The fraction of sp³-hybridized carbons (Fsp3) is 0.316. The van der Waals surface area contributed by atoms with Gasteiger partial charge in [0.25, 0.3) is 5.91 Å². The molecule has 0 bridgehead atoms. The van der Waals surface area contributed by atoms with E-state index in [2.05, 4.69) is 5.32 Å². The first-order valence-electron chi connectivity index (χ1n) is 8.55. The number of nitrogens with one attached hydrogen (secondary N) is 1. The highest BCUT2D eigenvalue weighted by Crippen LogP contribution is 2.18. The lowest BCUT2D eigenvalue weighted by Crippen LogP contribution is -2.91. The molecule has 1 amide bonds. The van der Waals surface area contributed by atoms with Crippen molar-refractivity contribution in [1.29, 1.82) is 0 Å². The molecule has 0 saturated heterocycles. The molecule has 27 heavy (non-hydrogen) atoms. The molecule has 2 atom stereocenters. The van der Waals surface area contributed by atoms with E-state index in [0.717, 1.165) is 9.87 Å². The van der Waals surface area contributed by atoms with E-state index >= 15 is 0 Å². The maximum Gasteiger partial charge on any atom is 0.282 e. The van der Waals surface area contributed by atoms with Crippen LogP contribution >= 0.6 is 11.6 Å². The van der Waals surface area contributed by atoms with Crippen molar-refractivity contribution in [2.75, 3.05) is 19.4 Å². The Hall–Kier alpha value is -1.93. The Morgan fingerprint density at radius 2 is 1.78 bits per heavy atom. The molecule has 0 fully saturated rings. The predicted octanol–water partition coefficient (Wildman–Crippen LogP) is 2.24. The van der Waals surface area contributed by atoms with Gasteiger partial charge in [-0.2, -0.15) is 0 Å². The van der Waals surface area contributed by atoms with Crippen LogP contribution in [-0.4, -0.2) is 38.8 Å². The molecule has 146 valence electrons. The van der Waals surface area contributed by atoms with Gasteiger partial charge in [-0.05, 0) is 44.2 Å². The number of quaternary nitrogens is 1. The smallest absolute Gasteiger partial charge is 0.282 e. The predicted molar refractivity (Wildman–Crippen MR) is 107 cm³/mol. The molecule has 3 N–H and O–H groups in total. The summed E-state index contributed by atoms with van der Waals surface area (Å²) in [6, 6.07) is 13.4. The number of sulfonamides is 1. The van der Waals surface area contributed by atoms with Crippen LogP contribution in [0.1, 0.15) is 25.5 Å². The van der Waals surface area contributed by atoms with E-state index in [1.807, 2.05) is 36.5 Å². The average Bonchev–Trinajstić information content (AvgIpc) is 2.61. The first-order valence-corrected chi connectivity index (χ1v) is 10.4. The number of nitrogens with zero attached hydrogens (tertiary/aromatic N) is 1. The number of benzene rings is 2. The standard InChI is InChI=1S/C19H24ClN3O3S/c1-13(15-7-5-8-16(20)11-15)21-14(2)19(24)22-17-9-6-10-18(12-17)27(25,26)23(3)4/h5-14,21H,1-4H3,(H,22,24)/p+1/t13-,14-/m0/s1. The fourth-order valence-electron chi connectivity index (χ4n) is 2.62. The van der Waals surface area contributed by atoms with Crippen LogP contribution < -0.4 is 10.6 Å². The largest absolute Gasteiger partial charge is 0.330 e. The molecule has 0 aliphatic rings. The van der Waals surface area contributed by atoms with Crippen LogP contribution in [0.4, 0.5) is 5.69 Å². The van der Waals surface area contributed by atoms with Crippen LogP contribution in [0.25, 0.3) is 0 Å². The number of hydrogen-bond acceptors (Lipinski definition) is 3. The Balaban J connectivity index is 2.06. The van der Waals surface area contributed by atoms with E-state index in [4.69, 9.17) is 11.6 Å². The van der Waals surface area contributed by atoms with Crippen LogP contribution in [0.2, 0.25) is 5.02 Å². The first kappa shape index (κ1) is 21.4. The van der Waals surface area contributed by atoms with Crippen molar-refractivity contribution in [3.8, 4) is 0 Å². The Labute approximate surface area is 165 Å². The van der Waals surface area contributed by atoms with E-state index in [9.17, 15) is 13.2 Å². The zero-order chi connectivity index (χ0) is 20.2. The van der Waals surface area contributed by atoms with Gasteiger partial charge in [-0.25, -0.2) is 12.7 Å². The van der Waals surface area contributed by atoms with Gasteiger partial charge in [0, 0.05) is 30.4 Å². The normalized spacial score (nSPS) is 14.0. The summed E-state index contributed by atoms with van der Waals surface area (Å²) in [7, 11) is -0.619. The number of halogens is 1. The highest BCUT2D eigenvalue weighted by atomic mass is 35.5. The molecule has 6 nitrogen and oxygen atoms in total. The summed E-state index contributed by atoms with van der Waals surface area (Å²) in [4.78, 5) is 12.6. The molecular formula is C19H25ClN3O3S+. The molecule has 0 saturated carbocycles. The van der Waals surface area contributed by atoms with Gasteiger partial charge in [0.05, 0.1) is 4.90 Å². The van der Waals surface area contributed by atoms with Crippen LogP contribution in [-0.2, 0) is 14.8 Å². The Bertz CT molecular complexity index is 916. The number of anilines is 1. The van der Waals surface area contributed by atoms with E-state index in [1.54, 1.807) is 19.1 Å². The highest BCUT2D eigenvalue weighted by Gasteiger charge is 2.22. The van der Waals surface area contributed by atoms with Crippen molar-refractivity contribution < 1.29 is 18.5 Å². The van der Waals surface area contributed by atoms with Gasteiger partial charge < -0.3 is 10.6 Å². The third kappa shape index (κ3) is 5.52. The molecule has 8 heteroatoms. The summed E-state index contributed by atoms with van der Waals surface area (Å²) >= 11 is 6.02. The third-order valence-corrected chi connectivity index (χ3v) is 6.29. The van der Waals surface area contributed by atoms with Crippen molar-refractivity contribution in [3.05, 3.63) is 59.1 Å². The zero-order valence-corrected chi connectivity index (χ0v) is 17.4. The fourth-order valence-corrected chi connectivity index (χ4v) is 3.77. The molecule has 2 aromatic rings. The maximum absolute atomic E-state index is 12.5. The SMILES string of the molecule is C[C@H]([NH2+][C@@H](C)c1cccc(Cl)c1)C(=O)Nc1cccc(S(=O)(=O)N(C)C)c1. The van der Waals surface area contributed by atoms with Crippen LogP contribution in [0.15, 0.2) is 53.4 Å². The Morgan fingerprint density at radius 1 is 1.11 bits per heavy atom. The van der Waals surface area contributed by atoms with Gasteiger partial charge in [-0.3, -0.25) is 4.79 Å². The number of nitrogens with two attached hydrogens (primary N) is 1. The van der Waals surface area contributed by atoms with Crippen molar-refractivity contribution in [3.63, 3.8) is 0 Å². The van der Waals surface area contributed by atoms with Crippen LogP contribution in [0.3, 0.4) is 0 Å². The van der Waals surface area contributed by atoms with Crippen LogP contribution in [0.5, 0.6) is 0 Å². The summed E-state index contributed by atoms with van der Waals surface area (Å²) in [5.74, 6) is -0.205.